The third-order valence-corrected chi connectivity index (χ3v) is 10.2. The van der Waals surface area contributed by atoms with Crippen molar-refractivity contribution in [3.8, 4) is 34.1 Å². The number of fused-ring (bicyclic) bond motifs is 3. The topological polar surface area (TPSA) is 44.9 Å². The SMILES string of the molecule is CCCCCc1ccc2c(c1)c1ccc(Oc3[c-]c(-n4nc(C(C)C)c(-c5ccccc5)c4C(C)C)cc(C)c3)[c-]c1n2-c1cc(C(C)(C)C)ccn1.[Pt+2]. The second kappa shape index (κ2) is 16.1. The molecular formula is C48H52N4OPt. The molecule has 3 heterocycles. The summed E-state index contributed by atoms with van der Waals surface area (Å²) in [5, 5.41) is 7.58. The predicted octanol–water partition coefficient (Wildman–Crippen LogP) is 13.0. The molecule has 54 heavy (non-hydrogen) atoms. The van der Waals surface area contributed by atoms with E-state index in [1.807, 2.05) is 18.3 Å². The maximum atomic E-state index is 6.67. The zero-order chi connectivity index (χ0) is 37.4. The van der Waals surface area contributed by atoms with E-state index in [1.54, 1.807) is 0 Å². The van der Waals surface area contributed by atoms with Crippen molar-refractivity contribution >= 4 is 21.8 Å². The van der Waals surface area contributed by atoms with Gasteiger partial charge in [0.15, 0.2) is 0 Å². The van der Waals surface area contributed by atoms with Crippen LogP contribution in [-0.2, 0) is 32.9 Å². The number of hydrogen-bond donors (Lipinski definition) is 0. The Hall–Kier alpha value is -4.47. The van der Waals surface area contributed by atoms with Crippen LogP contribution < -0.4 is 4.74 Å². The van der Waals surface area contributed by atoms with E-state index in [0.29, 0.717) is 11.5 Å². The van der Waals surface area contributed by atoms with Gasteiger partial charge in [0.05, 0.1) is 11.4 Å². The zero-order valence-corrected chi connectivity index (χ0v) is 35.4. The maximum Gasteiger partial charge on any atom is 2.00 e. The van der Waals surface area contributed by atoms with Gasteiger partial charge in [-0.05, 0) is 76.1 Å². The van der Waals surface area contributed by atoms with Gasteiger partial charge in [0, 0.05) is 28.8 Å². The summed E-state index contributed by atoms with van der Waals surface area (Å²) in [6.45, 7) is 20.0. The van der Waals surface area contributed by atoms with E-state index in [0.717, 1.165) is 45.6 Å². The Morgan fingerprint density at radius 2 is 1.57 bits per heavy atom. The van der Waals surface area contributed by atoms with Crippen LogP contribution in [0.5, 0.6) is 11.5 Å². The first-order valence-electron chi connectivity index (χ1n) is 19.3. The van der Waals surface area contributed by atoms with Gasteiger partial charge >= 0.3 is 21.1 Å². The van der Waals surface area contributed by atoms with Crippen LogP contribution in [-0.4, -0.2) is 19.3 Å². The molecule has 0 atom stereocenters. The first-order chi connectivity index (χ1) is 25.4. The number of benzene rings is 4. The summed E-state index contributed by atoms with van der Waals surface area (Å²) in [5.41, 5.74) is 11.2. The molecule has 4 aromatic carbocycles. The van der Waals surface area contributed by atoms with E-state index in [4.69, 9.17) is 14.8 Å². The average Bonchev–Trinajstić information content (AvgIpc) is 3.69. The van der Waals surface area contributed by atoms with Gasteiger partial charge in [0.25, 0.3) is 0 Å². The molecular weight excluding hydrogens is 844 g/mol. The van der Waals surface area contributed by atoms with E-state index in [-0.39, 0.29) is 38.3 Å². The standard InChI is InChI=1S/C48H52N4O.Pt/c1-10-11-13-16-34-19-22-42-41(27-34)40-21-20-38(30-43(40)51(42)44-28-36(23-24-49-44)48(7,8)9)53-39-26-33(6)25-37(29-39)52-47(32(4)5)45(46(50-52)31(2)3)35-17-14-12-15-18-35;/h12,14-15,17-28,31-32H,10-11,13,16H2,1-9H3;/q-2;+2. The van der Waals surface area contributed by atoms with Gasteiger partial charge in [-0.25, -0.2) is 4.98 Å². The molecule has 6 heteroatoms. The van der Waals surface area contributed by atoms with E-state index in [1.165, 1.54) is 52.6 Å². The van der Waals surface area contributed by atoms with Gasteiger partial charge in [-0.1, -0.05) is 123 Å². The summed E-state index contributed by atoms with van der Waals surface area (Å²) in [7, 11) is 0. The van der Waals surface area contributed by atoms with E-state index >= 15 is 0 Å². The molecule has 0 unspecified atom stereocenters. The summed E-state index contributed by atoms with van der Waals surface area (Å²) in [5.74, 6) is 2.62. The second-order valence-corrected chi connectivity index (χ2v) is 16.1. The minimum atomic E-state index is -0.0125. The Morgan fingerprint density at radius 3 is 2.28 bits per heavy atom. The number of hydrogen-bond acceptors (Lipinski definition) is 3. The molecule has 0 radical (unpaired) electrons. The Morgan fingerprint density at radius 1 is 0.796 bits per heavy atom. The summed E-state index contributed by atoms with van der Waals surface area (Å²) in [6, 6.07) is 37.5. The van der Waals surface area contributed by atoms with Crippen molar-refractivity contribution in [1.82, 2.24) is 19.3 Å². The number of ether oxygens (including phenoxy) is 1. The van der Waals surface area contributed by atoms with Crippen LogP contribution in [0, 0.1) is 19.1 Å². The molecule has 0 amide bonds. The van der Waals surface area contributed by atoms with Crippen molar-refractivity contribution in [2.75, 3.05) is 0 Å². The molecule has 3 aromatic heterocycles. The van der Waals surface area contributed by atoms with Crippen LogP contribution in [0.4, 0.5) is 0 Å². The third kappa shape index (κ3) is 7.84. The number of nitrogens with zero attached hydrogens (tertiary/aromatic N) is 4. The third-order valence-electron chi connectivity index (χ3n) is 10.2. The van der Waals surface area contributed by atoms with Crippen molar-refractivity contribution in [3.63, 3.8) is 0 Å². The molecule has 0 saturated heterocycles. The molecule has 0 aliphatic carbocycles. The van der Waals surface area contributed by atoms with E-state index in [9.17, 15) is 0 Å². The van der Waals surface area contributed by atoms with Crippen molar-refractivity contribution in [1.29, 1.82) is 0 Å². The van der Waals surface area contributed by atoms with Crippen LogP contribution >= 0.6 is 0 Å². The van der Waals surface area contributed by atoms with Crippen LogP contribution in [0.3, 0.4) is 0 Å². The minimum Gasteiger partial charge on any atom is -0.509 e. The van der Waals surface area contributed by atoms with Crippen LogP contribution in [0.25, 0.3) is 44.4 Å². The first-order valence-corrected chi connectivity index (χ1v) is 19.3. The summed E-state index contributed by atoms with van der Waals surface area (Å²) >= 11 is 0. The van der Waals surface area contributed by atoms with Crippen molar-refractivity contribution in [2.24, 2.45) is 0 Å². The molecule has 0 aliphatic rings. The Balaban J connectivity index is 0.00000497. The molecule has 0 saturated carbocycles. The molecule has 7 rings (SSSR count). The van der Waals surface area contributed by atoms with E-state index < -0.39 is 0 Å². The number of aromatic nitrogens is 4. The molecule has 0 spiro atoms. The maximum absolute atomic E-state index is 6.67. The predicted molar refractivity (Wildman–Crippen MR) is 220 cm³/mol. The molecule has 0 N–H and O–H groups in total. The summed E-state index contributed by atoms with van der Waals surface area (Å²) < 4.78 is 11.0. The smallest absolute Gasteiger partial charge is 0.509 e. The molecule has 7 aromatic rings. The molecule has 0 bridgehead atoms. The Labute approximate surface area is 336 Å². The van der Waals surface area contributed by atoms with Crippen molar-refractivity contribution < 1.29 is 25.8 Å². The molecule has 0 fully saturated rings. The average molecular weight is 896 g/mol. The summed E-state index contributed by atoms with van der Waals surface area (Å²) in [6.07, 6.45) is 6.64. The van der Waals surface area contributed by atoms with Crippen LogP contribution in [0.15, 0.2) is 91.1 Å². The molecule has 280 valence electrons. The van der Waals surface area contributed by atoms with Gasteiger partial charge in [0.2, 0.25) is 0 Å². The van der Waals surface area contributed by atoms with Crippen LogP contribution in [0.2, 0.25) is 0 Å². The largest absolute Gasteiger partial charge is 2.00 e. The minimum absolute atomic E-state index is 0. The number of unbranched alkanes of at least 4 members (excludes halogenated alkanes) is 2. The van der Waals surface area contributed by atoms with Gasteiger partial charge in [-0.2, -0.15) is 16.7 Å². The van der Waals surface area contributed by atoms with Gasteiger partial charge in [-0.15, -0.1) is 35.7 Å². The number of aryl methyl sites for hydroxylation is 2. The zero-order valence-electron chi connectivity index (χ0n) is 33.2. The van der Waals surface area contributed by atoms with Crippen molar-refractivity contribution in [3.05, 3.63) is 131 Å². The fourth-order valence-corrected chi connectivity index (χ4v) is 7.43. The van der Waals surface area contributed by atoms with Gasteiger partial charge in [0.1, 0.15) is 5.82 Å². The van der Waals surface area contributed by atoms with Gasteiger partial charge < -0.3 is 9.30 Å². The molecule has 5 nitrogen and oxygen atoms in total. The Bertz CT molecular complexity index is 2390. The van der Waals surface area contributed by atoms with Gasteiger partial charge in [-0.3, -0.25) is 4.68 Å². The summed E-state index contributed by atoms with van der Waals surface area (Å²) in [4.78, 5) is 4.90. The second-order valence-electron chi connectivity index (χ2n) is 16.1. The fraction of sp³-hybridized carbons (Fsp3) is 0.333. The fourth-order valence-electron chi connectivity index (χ4n) is 7.43. The number of rotatable bonds is 11. The first kappa shape index (κ1) is 39.2. The molecule has 0 aliphatic heterocycles. The quantitative estimate of drug-likeness (QED) is 0.0960. The Kier molecular flexibility index (Phi) is 11.7. The van der Waals surface area contributed by atoms with Crippen LogP contribution in [0.1, 0.15) is 115 Å². The van der Waals surface area contributed by atoms with Crippen molar-refractivity contribution in [2.45, 2.75) is 105 Å². The number of pyridine rings is 1. The monoisotopic (exact) mass is 895 g/mol. The van der Waals surface area contributed by atoms with E-state index in [2.05, 4.69) is 156 Å². The normalized spacial score (nSPS) is 11.9.